The largest absolute Gasteiger partial charge is 0.497 e. The normalized spacial score (nSPS) is 24.4. The number of carbonyl (C=O) groups is 2. The van der Waals surface area contributed by atoms with Crippen LogP contribution in [0.3, 0.4) is 0 Å². The Hall–Kier alpha value is -2.66. The summed E-state index contributed by atoms with van der Waals surface area (Å²) in [6.07, 6.45) is 1.45. The van der Waals surface area contributed by atoms with E-state index in [1.807, 2.05) is 18.2 Å². The molecule has 26 heavy (non-hydrogen) atoms. The Morgan fingerprint density at radius 1 is 1.23 bits per heavy atom. The first-order valence-corrected chi connectivity index (χ1v) is 8.77. The number of hydrogen-bond acceptors (Lipinski definition) is 4. The topological polar surface area (TPSA) is 66.8 Å². The predicted molar refractivity (Wildman–Crippen MR) is 97.5 cm³/mol. The number of methoxy groups -OCH3 is 1. The number of aliphatic hydroxyl groups is 1. The third-order valence-corrected chi connectivity index (χ3v) is 5.62. The van der Waals surface area contributed by atoms with Gasteiger partial charge < -0.3 is 14.7 Å². The van der Waals surface area contributed by atoms with Crippen molar-refractivity contribution in [1.82, 2.24) is 0 Å². The molecule has 0 radical (unpaired) electrons. The number of hydrogen-bond donors (Lipinski definition) is 1. The molecule has 2 aromatic rings. The van der Waals surface area contributed by atoms with E-state index in [2.05, 4.69) is 0 Å². The van der Waals surface area contributed by atoms with Crippen molar-refractivity contribution in [3.05, 3.63) is 59.2 Å². The van der Waals surface area contributed by atoms with Gasteiger partial charge in [-0.15, -0.1) is 0 Å². The Balaban J connectivity index is 1.66. The molecule has 1 amide bonds. The second-order valence-electron chi connectivity index (χ2n) is 7.07. The van der Waals surface area contributed by atoms with Crippen molar-refractivity contribution in [1.29, 1.82) is 0 Å². The van der Waals surface area contributed by atoms with Gasteiger partial charge >= 0.3 is 0 Å². The Morgan fingerprint density at radius 3 is 2.77 bits per heavy atom. The van der Waals surface area contributed by atoms with Crippen LogP contribution in [-0.2, 0) is 16.8 Å². The van der Waals surface area contributed by atoms with Crippen LogP contribution in [0.2, 0.25) is 0 Å². The lowest BCUT2D eigenvalue weighted by Gasteiger charge is -2.30. The number of rotatable bonds is 3. The number of aryl methyl sites for hydroxylation is 1. The summed E-state index contributed by atoms with van der Waals surface area (Å²) in [6, 6.07) is 12.7. The molecular formula is C21H21NO4. The van der Waals surface area contributed by atoms with E-state index in [1.54, 1.807) is 38.4 Å². The molecule has 2 aliphatic rings. The maximum absolute atomic E-state index is 13.0. The molecule has 1 aliphatic carbocycles. The van der Waals surface area contributed by atoms with Gasteiger partial charge in [0.05, 0.1) is 12.8 Å². The van der Waals surface area contributed by atoms with Crippen LogP contribution in [0.5, 0.6) is 5.75 Å². The second kappa shape index (κ2) is 5.95. The minimum Gasteiger partial charge on any atom is -0.497 e. The lowest BCUT2D eigenvalue weighted by Crippen LogP contribution is -2.42. The summed E-state index contributed by atoms with van der Waals surface area (Å²) < 4.78 is 5.23. The Morgan fingerprint density at radius 2 is 2.00 bits per heavy atom. The summed E-state index contributed by atoms with van der Waals surface area (Å²) in [6.45, 7) is 0. The van der Waals surface area contributed by atoms with E-state index < -0.39 is 5.60 Å². The Bertz CT molecular complexity index is 907. The molecule has 0 saturated heterocycles. The Labute approximate surface area is 152 Å². The van der Waals surface area contributed by atoms with Gasteiger partial charge in [-0.25, -0.2) is 0 Å². The minimum atomic E-state index is -1.64. The molecular weight excluding hydrogens is 330 g/mol. The van der Waals surface area contributed by atoms with Crippen LogP contribution in [0.1, 0.15) is 34.3 Å². The van der Waals surface area contributed by atoms with E-state index in [0.717, 1.165) is 17.7 Å². The molecule has 0 fully saturated rings. The molecule has 0 bridgehead atoms. The number of likely N-dealkylation sites (N-methyl/N-ethyl adjacent to an activating group) is 1. The standard InChI is InChI=1S/C21H21NO4/c1-22-18-6-4-3-5-17(18)21(25,20(22)24)12-14-8-7-13-11-15(26-2)9-10-16(13)19(14)23/h3-6,9-11,14,25H,7-8,12H2,1-2H3. The molecule has 134 valence electrons. The number of anilines is 1. The lowest BCUT2D eigenvalue weighted by molar-refractivity contribution is -0.137. The maximum Gasteiger partial charge on any atom is 0.263 e. The SMILES string of the molecule is COc1ccc2c(c1)CCC(CC1(O)C(=O)N(C)c3ccccc31)C2=O. The van der Waals surface area contributed by atoms with Gasteiger partial charge in [-0.05, 0) is 49.1 Å². The molecule has 5 nitrogen and oxygen atoms in total. The number of ketones is 1. The van der Waals surface area contributed by atoms with E-state index >= 15 is 0 Å². The van der Waals surface area contributed by atoms with Crippen LogP contribution >= 0.6 is 0 Å². The van der Waals surface area contributed by atoms with Crippen molar-refractivity contribution in [2.75, 3.05) is 19.1 Å². The van der Waals surface area contributed by atoms with E-state index in [9.17, 15) is 14.7 Å². The summed E-state index contributed by atoms with van der Waals surface area (Å²) in [5.74, 6) is -0.0336. The van der Waals surface area contributed by atoms with Gasteiger partial charge in [-0.2, -0.15) is 0 Å². The Kier molecular flexibility index (Phi) is 3.84. The fourth-order valence-electron chi connectivity index (χ4n) is 4.19. The maximum atomic E-state index is 13.0. The number of benzene rings is 2. The highest BCUT2D eigenvalue weighted by Crippen LogP contribution is 2.45. The van der Waals surface area contributed by atoms with Crippen LogP contribution in [-0.4, -0.2) is 31.0 Å². The number of nitrogens with zero attached hydrogens (tertiary/aromatic N) is 1. The number of carbonyl (C=O) groups excluding carboxylic acids is 2. The number of Topliss-reactive ketones (excluding diaryl/α,β-unsaturated/α-hetero) is 1. The summed E-state index contributed by atoms with van der Waals surface area (Å²) in [5, 5.41) is 11.2. The summed E-state index contributed by atoms with van der Waals surface area (Å²) >= 11 is 0. The molecule has 2 unspecified atom stereocenters. The smallest absolute Gasteiger partial charge is 0.263 e. The molecule has 0 aromatic heterocycles. The lowest BCUT2D eigenvalue weighted by atomic mass is 9.75. The molecule has 1 heterocycles. The first kappa shape index (κ1) is 16.8. The zero-order valence-corrected chi connectivity index (χ0v) is 14.9. The highest BCUT2D eigenvalue weighted by molar-refractivity contribution is 6.07. The van der Waals surface area contributed by atoms with Crippen LogP contribution in [0.4, 0.5) is 5.69 Å². The first-order chi connectivity index (χ1) is 12.5. The summed E-state index contributed by atoms with van der Waals surface area (Å²) in [4.78, 5) is 27.2. The van der Waals surface area contributed by atoms with Crippen LogP contribution in [0, 0.1) is 5.92 Å². The van der Waals surface area contributed by atoms with Gasteiger partial charge in [0, 0.05) is 24.1 Å². The van der Waals surface area contributed by atoms with Crippen molar-refractivity contribution in [2.45, 2.75) is 24.9 Å². The van der Waals surface area contributed by atoms with E-state index in [4.69, 9.17) is 4.74 Å². The summed E-state index contributed by atoms with van der Waals surface area (Å²) in [7, 11) is 3.26. The number of amides is 1. The predicted octanol–water partition coefficient (Wildman–Crippen LogP) is 2.69. The zero-order chi connectivity index (χ0) is 18.5. The summed E-state index contributed by atoms with van der Waals surface area (Å²) in [5.41, 5.74) is 1.27. The van der Waals surface area contributed by atoms with E-state index in [0.29, 0.717) is 23.2 Å². The van der Waals surface area contributed by atoms with Gasteiger partial charge in [0.15, 0.2) is 11.4 Å². The highest BCUT2D eigenvalue weighted by atomic mass is 16.5. The van der Waals surface area contributed by atoms with Crippen molar-refractivity contribution < 1.29 is 19.4 Å². The monoisotopic (exact) mass is 351 g/mol. The molecule has 2 atom stereocenters. The number of para-hydroxylation sites is 1. The first-order valence-electron chi connectivity index (χ1n) is 8.77. The van der Waals surface area contributed by atoms with Crippen molar-refractivity contribution in [3.63, 3.8) is 0 Å². The minimum absolute atomic E-state index is 0.0119. The third kappa shape index (κ3) is 2.35. The average Bonchev–Trinajstić information content (AvgIpc) is 2.86. The number of fused-ring (bicyclic) bond motifs is 2. The average molecular weight is 351 g/mol. The van der Waals surface area contributed by atoms with Gasteiger partial charge in [-0.1, -0.05) is 18.2 Å². The molecule has 1 aliphatic heterocycles. The van der Waals surface area contributed by atoms with E-state index in [1.165, 1.54) is 4.90 Å². The zero-order valence-electron chi connectivity index (χ0n) is 14.9. The molecule has 2 aromatic carbocycles. The van der Waals surface area contributed by atoms with Crippen molar-refractivity contribution in [2.24, 2.45) is 5.92 Å². The fraction of sp³-hybridized carbons (Fsp3) is 0.333. The van der Waals surface area contributed by atoms with Gasteiger partial charge in [-0.3, -0.25) is 9.59 Å². The van der Waals surface area contributed by atoms with Crippen molar-refractivity contribution in [3.8, 4) is 5.75 Å². The van der Waals surface area contributed by atoms with E-state index in [-0.39, 0.29) is 24.0 Å². The highest BCUT2D eigenvalue weighted by Gasteiger charge is 2.50. The molecule has 1 N–H and O–H groups in total. The molecule has 4 rings (SSSR count). The van der Waals surface area contributed by atoms with Crippen LogP contribution < -0.4 is 9.64 Å². The second-order valence-corrected chi connectivity index (χ2v) is 7.07. The number of ether oxygens (including phenoxy) is 1. The molecule has 5 heteroatoms. The molecule has 0 spiro atoms. The van der Waals surface area contributed by atoms with Gasteiger partial charge in [0.25, 0.3) is 5.91 Å². The quantitative estimate of drug-likeness (QED) is 0.923. The van der Waals surface area contributed by atoms with Gasteiger partial charge in [0.2, 0.25) is 0 Å². The van der Waals surface area contributed by atoms with Crippen LogP contribution in [0.15, 0.2) is 42.5 Å². The third-order valence-electron chi connectivity index (χ3n) is 5.62. The van der Waals surface area contributed by atoms with Crippen LogP contribution in [0.25, 0.3) is 0 Å². The van der Waals surface area contributed by atoms with Crippen molar-refractivity contribution >= 4 is 17.4 Å². The fourth-order valence-corrected chi connectivity index (χ4v) is 4.19. The van der Waals surface area contributed by atoms with Gasteiger partial charge in [0.1, 0.15) is 5.75 Å². The molecule has 0 saturated carbocycles.